The van der Waals surface area contributed by atoms with Crippen molar-refractivity contribution in [1.29, 1.82) is 0 Å². The molecule has 11 heteroatoms. The SMILES string of the molecule is C=C1CCC(N2C(=O)c3ccc(N4CCC(CN5CCN(CCOc6ccc([C@H]7c8ccc(O)cc8CC[C@H]7c7ccc(F)cc7)cc6)CC5)CC4)cc3C2=O)C(=O)N1. The predicted molar refractivity (Wildman–Crippen MR) is 224 cm³/mol. The molecule has 10 nitrogen and oxygen atoms in total. The molecule has 3 fully saturated rings. The number of phenols is 1. The van der Waals surface area contributed by atoms with Gasteiger partial charge in [-0.25, -0.2) is 4.39 Å². The number of rotatable bonds is 10. The number of hydrogen-bond donors (Lipinski definition) is 2. The van der Waals surface area contributed by atoms with Crippen molar-refractivity contribution < 1.29 is 28.6 Å². The number of carbonyl (C=O) groups is 3. The first-order chi connectivity index (χ1) is 28.7. The molecule has 4 heterocycles. The van der Waals surface area contributed by atoms with Crippen LogP contribution < -0.4 is 15.0 Å². The second kappa shape index (κ2) is 16.6. The second-order valence-electron chi connectivity index (χ2n) is 16.9. The summed E-state index contributed by atoms with van der Waals surface area (Å²) in [5, 5.41) is 12.9. The van der Waals surface area contributed by atoms with Gasteiger partial charge in [0.25, 0.3) is 11.8 Å². The van der Waals surface area contributed by atoms with Crippen LogP contribution in [-0.4, -0.2) is 103 Å². The van der Waals surface area contributed by atoms with Crippen molar-refractivity contribution in [3.05, 3.63) is 136 Å². The first-order valence-electron chi connectivity index (χ1n) is 21.2. The Balaban J connectivity index is 0.724. The monoisotopic (exact) mass is 797 g/mol. The number of anilines is 1. The van der Waals surface area contributed by atoms with Gasteiger partial charge in [-0.2, -0.15) is 0 Å². The van der Waals surface area contributed by atoms with E-state index in [1.165, 1.54) is 16.7 Å². The van der Waals surface area contributed by atoms with Gasteiger partial charge in [0.1, 0.15) is 30.0 Å². The van der Waals surface area contributed by atoms with Crippen molar-refractivity contribution in [3.8, 4) is 11.5 Å². The highest BCUT2D eigenvalue weighted by Crippen LogP contribution is 2.47. The maximum Gasteiger partial charge on any atom is 0.262 e. The maximum atomic E-state index is 13.8. The number of nitrogens with zero attached hydrogens (tertiary/aromatic N) is 4. The molecule has 4 aliphatic heterocycles. The van der Waals surface area contributed by atoms with Gasteiger partial charge in [0, 0.05) is 69.7 Å². The Morgan fingerprint density at radius 1 is 0.746 bits per heavy atom. The Kier molecular flexibility index (Phi) is 11.0. The fraction of sp³-hybridized carbons (Fsp3) is 0.396. The first-order valence-corrected chi connectivity index (χ1v) is 21.2. The van der Waals surface area contributed by atoms with E-state index in [0.29, 0.717) is 42.2 Å². The minimum atomic E-state index is -0.804. The van der Waals surface area contributed by atoms with Crippen molar-refractivity contribution >= 4 is 23.4 Å². The number of phenolic OH excluding ortho intramolecular Hbond substituents is 1. The minimum Gasteiger partial charge on any atom is -0.508 e. The highest BCUT2D eigenvalue weighted by Gasteiger charge is 2.44. The smallest absolute Gasteiger partial charge is 0.262 e. The van der Waals surface area contributed by atoms with Crippen molar-refractivity contribution in [2.75, 3.05) is 63.9 Å². The molecule has 0 bridgehead atoms. The lowest BCUT2D eigenvalue weighted by atomic mass is 9.69. The molecule has 1 unspecified atom stereocenters. The predicted octanol–water partition coefficient (Wildman–Crippen LogP) is 6.69. The summed E-state index contributed by atoms with van der Waals surface area (Å²) in [6, 6.07) is 25.7. The summed E-state index contributed by atoms with van der Waals surface area (Å²) >= 11 is 0. The molecule has 3 saturated heterocycles. The number of aromatic hydroxyl groups is 1. The van der Waals surface area contributed by atoms with Crippen LogP contribution in [0.4, 0.5) is 10.1 Å². The lowest BCUT2D eigenvalue weighted by Gasteiger charge is -2.39. The molecule has 1 aliphatic carbocycles. The molecule has 0 radical (unpaired) electrons. The Bertz CT molecular complexity index is 2230. The standard InChI is InChI=1S/C48H52FN5O5/c1-31-2-17-44(46(56)50-31)54-47(57)42-15-10-37(29-43(42)48(54)58)53-20-18-32(19-21-53)30-52-24-22-51(23-25-52)26-27-59-39-12-5-34(6-13-39)45-40(33-3-8-36(49)9-4-33)14-7-35-28-38(55)11-16-41(35)45/h3-6,8-13,15-16,28-29,32,40,44-45,55H,1-2,7,14,17-27,30H2,(H,50,56)/t40-,44?,45+/m0/s1. The van der Waals surface area contributed by atoms with E-state index < -0.39 is 17.9 Å². The van der Waals surface area contributed by atoms with Gasteiger partial charge in [0.05, 0.1) is 11.1 Å². The summed E-state index contributed by atoms with van der Waals surface area (Å²) < 4.78 is 20.0. The molecule has 306 valence electrons. The number of allylic oxidation sites excluding steroid dienone is 1. The second-order valence-corrected chi connectivity index (χ2v) is 16.9. The van der Waals surface area contributed by atoms with Crippen LogP contribution in [0.25, 0.3) is 0 Å². The largest absolute Gasteiger partial charge is 0.508 e. The Labute approximate surface area is 345 Å². The van der Waals surface area contributed by atoms with Crippen LogP contribution in [0.1, 0.15) is 86.9 Å². The highest BCUT2D eigenvalue weighted by atomic mass is 19.1. The first kappa shape index (κ1) is 39.0. The van der Waals surface area contributed by atoms with Gasteiger partial charge in [0.2, 0.25) is 5.91 Å². The lowest BCUT2D eigenvalue weighted by Crippen LogP contribution is -2.51. The Hall–Kier alpha value is -5.52. The summed E-state index contributed by atoms with van der Waals surface area (Å²) in [6.07, 6.45) is 4.86. The summed E-state index contributed by atoms with van der Waals surface area (Å²) in [5.41, 5.74) is 7.00. The third-order valence-corrected chi connectivity index (χ3v) is 13.3. The normalized spacial score (nSPS) is 23.0. The van der Waals surface area contributed by atoms with E-state index in [0.717, 1.165) is 99.9 Å². The van der Waals surface area contributed by atoms with Crippen molar-refractivity contribution in [3.63, 3.8) is 0 Å². The molecular weight excluding hydrogens is 746 g/mol. The third-order valence-electron chi connectivity index (χ3n) is 13.3. The van der Waals surface area contributed by atoms with E-state index in [9.17, 15) is 23.9 Å². The Morgan fingerprint density at radius 2 is 1.46 bits per heavy atom. The number of nitrogens with one attached hydrogen (secondary N) is 1. The highest BCUT2D eigenvalue weighted by molar-refractivity contribution is 6.23. The number of fused-ring (bicyclic) bond motifs is 2. The number of piperazine rings is 1. The molecule has 0 aromatic heterocycles. The number of aryl methyl sites for hydroxylation is 1. The molecule has 0 saturated carbocycles. The number of carbonyl (C=O) groups excluding carboxylic acids is 3. The fourth-order valence-electron chi connectivity index (χ4n) is 10.0. The van der Waals surface area contributed by atoms with E-state index in [4.69, 9.17) is 4.74 Å². The number of benzene rings is 4. The average molecular weight is 798 g/mol. The lowest BCUT2D eigenvalue weighted by molar-refractivity contribution is -0.125. The van der Waals surface area contributed by atoms with Crippen LogP contribution in [0, 0.1) is 11.7 Å². The molecule has 0 spiro atoms. The third kappa shape index (κ3) is 8.10. The summed E-state index contributed by atoms with van der Waals surface area (Å²) in [5.74, 6) is 0.677. The zero-order chi connectivity index (χ0) is 40.6. The van der Waals surface area contributed by atoms with Gasteiger partial charge < -0.3 is 25.0 Å². The van der Waals surface area contributed by atoms with Crippen LogP contribution >= 0.6 is 0 Å². The van der Waals surface area contributed by atoms with Crippen LogP contribution in [0.3, 0.4) is 0 Å². The summed E-state index contributed by atoms with van der Waals surface area (Å²) in [6.45, 7) is 12.3. The molecule has 3 amide bonds. The van der Waals surface area contributed by atoms with E-state index in [1.54, 1.807) is 24.3 Å². The number of hydrogen-bond acceptors (Lipinski definition) is 8. The zero-order valence-corrected chi connectivity index (χ0v) is 33.5. The maximum absolute atomic E-state index is 13.8. The molecule has 3 atom stereocenters. The van der Waals surface area contributed by atoms with E-state index >= 15 is 0 Å². The van der Waals surface area contributed by atoms with Crippen molar-refractivity contribution in [2.24, 2.45) is 5.92 Å². The fourth-order valence-corrected chi connectivity index (χ4v) is 10.0. The van der Waals surface area contributed by atoms with Crippen LogP contribution in [0.2, 0.25) is 0 Å². The van der Waals surface area contributed by atoms with Gasteiger partial charge in [-0.1, -0.05) is 36.9 Å². The van der Waals surface area contributed by atoms with Crippen molar-refractivity contribution in [1.82, 2.24) is 20.0 Å². The number of amides is 3. The number of ether oxygens (including phenoxy) is 1. The van der Waals surface area contributed by atoms with E-state index in [-0.39, 0.29) is 29.3 Å². The molecule has 4 aromatic carbocycles. The quantitative estimate of drug-likeness (QED) is 0.171. The molecule has 5 aliphatic rings. The molecule has 4 aromatic rings. The molecular formula is C48H52FN5O5. The van der Waals surface area contributed by atoms with Crippen LogP contribution in [0.5, 0.6) is 11.5 Å². The molecule has 59 heavy (non-hydrogen) atoms. The van der Waals surface area contributed by atoms with Gasteiger partial charge in [-0.3, -0.25) is 24.2 Å². The average Bonchev–Trinajstić information content (AvgIpc) is 3.49. The minimum absolute atomic E-state index is 0.0972. The van der Waals surface area contributed by atoms with Gasteiger partial charge >= 0.3 is 0 Å². The summed E-state index contributed by atoms with van der Waals surface area (Å²) in [4.78, 5) is 47.7. The van der Waals surface area contributed by atoms with Crippen molar-refractivity contribution in [2.45, 2.75) is 56.4 Å². The topological polar surface area (TPSA) is 106 Å². The van der Waals surface area contributed by atoms with Crippen LogP contribution in [0.15, 0.2) is 97.2 Å². The molecule has 2 N–H and O–H groups in total. The van der Waals surface area contributed by atoms with E-state index in [2.05, 4.69) is 50.9 Å². The zero-order valence-electron chi connectivity index (χ0n) is 33.5. The molecule has 9 rings (SSSR count). The number of halogens is 1. The Morgan fingerprint density at radius 3 is 2.20 bits per heavy atom. The van der Waals surface area contributed by atoms with Gasteiger partial charge in [-0.05, 0) is 127 Å². The van der Waals surface area contributed by atoms with E-state index in [1.807, 2.05) is 36.4 Å². The summed E-state index contributed by atoms with van der Waals surface area (Å²) in [7, 11) is 0. The number of imide groups is 1. The van der Waals surface area contributed by atoms with Gasteiger partial charge in [-0.15, -0.1) is 0 Å². The number of piperidine rings is 2. The van der Waals surface area contributed by atoms with Crippen LogP contribution in [-0.2, 0) is 11.2 Å². The van der Waals surface area contributed by atoms with Gasteiger partial charge in [0.15, 0.2) is 0 Å².